The molecule has 4 rings (SSSR count). The van der Waals surface area contributed by atoms with E-state index in [9.17, 15) is 9.18 Å². The number of fused-ring (bicyclic) bond motifs is 1. The highest BCUT2D eigenvalue weighted by Crippen LogP contribution is 2.31. The van der Waals surface area contributed by atoms with Crippen LogP contribution in [0.4, 0.5) is 4.39 Å². The summed E-state index contributed by atoms with van der Waals surface area (Å²) >= 11 is 1.49. The molecule has 0 spiro atoms. The van der Waals surface area contributed by atoms with Crippen molar-refractivity contribution >= 4 is 21.6 Å². The maximum absolute atomic E-state index is 13.6. The van der Waals surface area contributed by atoms with Crippen LogP contribution < -0.4 is 5.56 Å². The monoisotopic (exact) mass is 378 g/mol. The molecule has 0 unspecified atom stereocenters. The van der Waals surface area contributed by atoms with Crippen molar-refractivity contribution in [3.05, 3.63) is 87.5 Å². The minimum absolute atomic E-state index is 0.0759. The lowest BCUT2D eigenvalue weighted by Crippen LogP contribution is -2.26. The van der Waals surface area contributed by atoms with E-state index in [1.807, 2.05) is 55.6 Å². The van der Waals surface area contributed by atoms with Gasteiger partial charge in [-0.15, -0.1) is 11.3 Å². The highest BCUT2D eigenvalue weighted by atomic mass is 32.1. The van der Waals surface area contributed by atoms with Crippen molar-refractivity contribution in [3.8, 4) is 11.1 Å². The van der Waals surface area contributed by atoms with Crippen LogP contribution in [0.2, 0.25) is 0 Å². The fraction of sp³-hybridized carbons (Fsp3) is 0.182. The average molecular weight is 378 g/mol. The Morgan fingerprint density at radius 1 is 1.11 bits per heavy atom. The molecule has 0 aliphatic carbocycles. The van der Waals surface area contributed by atoms with E-state index in [-0.39, 0.29) is 17.3 Å². The summed E-state index contributed by atoms with van der Waals surface area (Å²) in [5, 5.41) is 2.62. The van der Waals surface area contributed by atoms with Gasteiger partial charge in [-0.05, 0) is 23.3 Å². The van der Waals surface area contributed by atoms with Gasteiger partial charge in [0.15, 0.2) is 0 Å². The van der Waals surface area contributed by atoms with E-state index in [4.69, 9.17) is 4.98 Å². The van der Waals surface area contributed by atoms with E-state index in [0.717, 1.165) is 27.3 Å². The third kappa shape index (κ3) is 3.30. The molecule has 3 nitrogen and oxygen atoms in total. The number of aromatic nitrogens is 2. The summed E-state index contributed by atoms with van der Waals surface area (Å²) in [6.45, 7) is 4.33. The molecule has 0 saturated carbocycles. The van der Waals surface area contributed by atoms with Gasteiger partial charge in [0.1, 0.15) is 16.5 Å². The first-order valence-corrected chi connectivity index (χ1v) is 9.74. The van der Waals surface area contributed by atoms with Gasteiger partial charge >= 0.3 is 0 Å². The molecule has 0 saturated heterocycles. The highest BCUT2D eigenvalue weighted by Gasteiger charge is 2.18. The van der Waals surface area contributed by atoms with Crippen LogP contribution in [-0.2, 0) is 6.54 Å². The molecule has 0 aliphatic heterocycles. The Kier molecular flexibility index (Phi) is 4.62. The molecule has 2 aromatic heterocycles. The topological polar surface area (TPSA) is 34.9 Å². The van der Waals surface area contributed by atoms with Crippen LogP contribution in [0.3, 0.4) is 0 Å². The zero-order valence-electron chi connectivity index (χ0n) is 15.1. The number of thiophene rings is 1. The molecular weight excluding hydrogens is 359 g/mol. The number of hydrogen-bond acceptors (Lipinski definition) is 3. The Morgan fingerprint density at radius 2 is 1.89 bits per heavy atom. The number of hydrogen-bond donors (Lipinski definition) is 0. The second-order valence-corrected chi connectivity index (χ2v) is 7.70. The molecule has 0 N–H and O–H groups in total. The van der Waals surface area contributed by atoms with Gasteiger partial charge in [0.25, 0.3) is 5.56 Å². The molecule has 0 fully saturated rings. The molecule has 0 radical (unpaired) electrons. The maximum Gasteiger partial charge on any atom is 0.263 e. The van der Waals surface area contributed by atoms with Gasteiger partial charge in [0.2, 0.25) is 0 Å². The average Bonchev–Trinajstić information content (AvgIpc) is 3.09. The molecule has 0 amide bonds. The van der Waals surface area contributed by atoms with Crippen molar-refractivity contribution < 1.29 is 4.39 Å². The Morgan fingerprint density at radius 3 is 2.59 bits per heavy atom. The quantitative estimate of drug-likeness (QED) is 0.474. The Balaban J connectivity index is 1.94. The zero-order valence-corrected chi connectivity index (χ0v) is 16.0. The Bertz CT molecular complexity index is 1160. The highest BCUT2D eigenvalue weighted by molar-refractivity contribution is 7.17. The van der Waals surface area contributed by atoms with Crippen LogP contribution in [0.5, 0.6) is 0 Å². The predicted octanol–water partition coefficient (Wildman–Crippen LogP) is 5.44. The third-order valence-electron chi connectivity index (χ3n) is 4.55. The van der Waals surface area contributed by atoms with Gasteiger partial charge in [0, 0.05) is 16.9 Å². The Labute approximate surface area is 160 Å². The lowest BCUT2D eigenvalue weighted by atomic mass is 10.1. The number of nitrogens with zero attached hydrogens (tertiary/aromatic N) is 2. The molecule has 5 heteroatoms. The van der Waals surface area contributed by atoms with Crippen molar-refractivity contribution in [1.82, 2.24) is 9.55 Å². The molecular formula is C22H19FN2OS. The number of rotatable bonds is 4. The molecule has 136 valence electrons. The lowest BCUT2D eigenvalue weighted by molar-refractivity contribution is 0.612. The standard InChI is InChI=1S/C22H19FN2OS/c1-14(2)20-24-21-19(18(13-27-21)16-8-4-3-5-9-16)22(26)25(20)12-15-7-6-10-17(23)11-15/h3-11,13-14H,12H2,1-2H3. The fourth-order valence-corrected chi connectivity index (χ4v) is 4.23. The second-order valence-electron chi connectivity index (χ2n) is 6.84. The second kappa shape index (κ2) is 7.08. The normalized spacial score (nSPS) is 11.4. The van der Waals surface area contributed by atoms with Gasteiger partial charge in [-0.2, -0.15) is 0 Å². The Hall–Kier alpha value is -2.79. The molecule has 0 atom stereocenters. The summed E-state index contributed by atoms with van der Waals surface area (Å²) in [6.07, 6.45) is 0. The van der Waals surface area contributed by atoms with E-state index in [0.29, 0.717) is 11.9 Å². The number of halogens is 1. The molecule has 2 heterocycles. The van der Waals surface area contributed by atoms with Crippen molar-refractivity contribution in [1.29, 1.82) is 0 Å². The van der Waals surface area contributed by atoms with E-state index in [1.165, 1.54) is 23.5 Å². The maximum atomic E-state index is 13.6. The fourth-order valence-electron chi connectivity index (χ4n) is 3.28. The third-order valence-corrected chi connectivity index (χ3v) is 5.43. The predicted molar refractivity (Wildman–Crippen MR) is 109 cm³/mol. The first-order valence-electron chi connectivity index (χ1n) is 8.86. The lowest BCUT2D eigenvalue weighted by Gasteiger charge is -2.15. The van der Waals surface area contributed by atoms with Crippen LogP contribution in [0.25, 0.3) is 21.3 Å². The van der Waals surface area contributed by atoms with Crippen LogP contribution in [-0.4, -0.2) is 9.55 Å². The molecule has 0 aliphatic rings. The van der Waals surface area contributed by atoms with Crippen LogP contribution in [0.15, 0.2) is 64.8 Å². The molecule has 2 aromatic carbocycles. The zero-order chi connectivity index (χ0) is 19.0. The van der Waals surface area contributed by atoms with Crippen LogP contribution in [0, 0.1) is 5.82 Å². The van der Waals surface area contributed by atoms with Gasteiger partial charge < -0.3 is 0 Å². The molecule has 4 aromatic rings. The summed E-state index contributed by atoms with van der Waals surface area (Å²) in [7, 11) is 0. The van der Waals surface area contributed by atoms with E-state index >= 15 is 0 Å². The first-order chi connectivity index (χ1) is 13.0. The minimum Gasteiger partial charge on any atom is -0.291 e. The van der Waals surface area contributed by atoms with Crippen LogP contribution in [0.1, 0.15) is 31.2 Å². The van der Waals surface area contributed by atoms with Crippen molar-refractivity contribution in [2.45, 2.75) is 26.3 Å². The van der Waals surface area contributed by atoms with E-state index in [1.54, 1.807) is 10.6 Å². The summed E-state index contributed by atoms with van der Waals surface area (Å²) in [6, 6.07) is 16.2. The van der Waals surface area contributed by atoms with Gasteiger partial charge in [0.05, 0.1) is 11.9 Å². The van der Waals surface area contributed by atoms with E-state index in [2.05, 4.69) is 0 Å². The van der Waals surface area contributed by atoms with Crippen molar-refractivity contribution in [2.75, 3.05) is 0 Å². The summed E-state index contributed by atoms with van der Waals surface area (Å²) < 4.78 is 15.3. The summed E-state index contributed by atoms with van der Waals surface area (Å²) in [5.41, 5.74) is 2.57. The van der Waals surface area contributed by atoms with Gasteiger partial charge in [-0.3, -0.25) is 9.36 Å². The number of benzene rings is 2. The first kappa shape index (κ1) is 17.6. The van der Waals surface area contributed by atoms with Gasteiger partial charge in [-0.1, -0.05) is 56.3 Å². The largest absolute Gasteiger partial charge is 0.291 e. The van der Waals surface area contributed by atoms with Crippen LogP contribution >= 0.6 is 11.3 Å². The van der Waals surface area contributed by atoms with E-state index < -0.39 is 0 Å². The van der Waals surface area contributed by atoms with Gasteiger partial charge in [-0.25, -0.2) is 9.37 Å². The minimum atomic E-state index is -0.304. The summed E-state index contributed by atoms with van der Waals surface area (Å²) in [5.74, 6) is 0.498. The van der Waals surface area contributed by atoms with Crippen molar-refractivity contribution in [2.24, 2.45) is 0 Å². The smallest absolute Gasteiger partial charge is 0.263 e. The van der Waals surface area contributed by atoms with Crippen molar-refractivity contribution in [3.63, 3.8) is 0 Å². The molecule has 0 bridgehead atoms. The molecule has 27 heavy (non-hydrogen) atoms. The SMILES string of the molecule is CC(C)c1nc2scc(-c3ccccc3)c2c(=O)n1Cc1cccc(F)c1. The summed E-state index contributed by atoms with van der Waals surface area (Å²) in [4.78, 5) is 19.0.